The number of amides is 1. The monoisotopic (exact) mass is 238 g/mol. The standard InChI is InChI=1S/C13H19FN2O/c1-13(2,8-15)9-16(3)12(17)10-5-4-6-11(14)7-10/h4-7H,8-9,15H2,1-3H3. The van der Waals surface area contributed by atoms with Crippen molar-refractivity contribution >= 4 is 5.91 Å². The van der Waals surface area contributed by atoms with Crippen molar-refractivity contribution in [3.63, 3.8) is 0 Å². The molecule has 0 spiro atoms. The van der Waals surface area contributed by atoms with Gasteiger partial charge < -0.3 is 10.6 Å². The lowest BCUT2D eigenvalue weighted by atomic mass is 9.93. The number of carbonyl (C=O) groups is 1. The molecule has 17 heavy (non-hydrogen) atoms. The van der Waals surface area contributed by atoms with Gasteiger partial charge in [-0.1, -0.05) is 19.9 Å². The topological polar surface area (TPSA) is 46.3 Å². The van der Waals surface area contributed by atoms with Crippen molar-refractivity contribution in [3.8, 4) is 0 Å². The fourth-order valence-electron chi connectivity index (χ4n) is 1.62. The summed E-state index contributed by atoms with van der Waals surface area (Å²) in [6, 6.07) is 5.71. The van der Waals surface area contributed by atoms with E-state index in [0.29, 0.717) is 18.7 Å². The first-order valence-electron chi connectivity index (χ1n) is 5.57. The molecule has 2 N–H and O–H groups in total. The Hall–Kier alpha value is -1.42. The van der Waals surface area contributed by atoms with E-state index in [1.807, 2.05) is 13.8 Å². The second-order valence-electron chi connectivity index (χ2n) is 5.04. The molecule has 0 saturated heterocycles. The summed E-state index contributed by atoms with van der Waals surface area (Å²) in [6.07, 6.45) is 0. The zero-order valence-electron chi connectivity index (χ0n) is 10.5. The van der Waals surface area contributed by atoms with Crippen molar-refractivity contribution in [2.75, 3.05) is 20.1 Å². The van der Waals surface area contributed by atoms with Gasteiger partial charge in [-0.25, -0.2) is 4.39 Å². The highest BCUT2D eigenvalue weighted by molar-refractivity contribution is 5.94. The predicted molar refractivity (Wildman–Crippen MR) is 66.2 cm³/mol. The van der Waals surface area contributed by atoms with Crippen molar-refractivity contribution < 1.29 is 9.18 Å². The summed E-state index contributed by atoms with van der Waals surface area (Å²) in [5, 5.41) is 0. The second kappa shape index (κ2) is 5.27. The van der Waals surface area contributed by atoms with Crippen LogP contribution in [-0.2, 0) is 0 Å². The van der Waals surface area contributed by atoms with E-state index >= 15 is 0 Å². The molecule has 0 aliphatic carbocycles. The number of hydrogen-bond donors (Lipinski definition) is 1. The molecule has 0 heterocycles. The maximum atomic E-state index is 13.0. The molecule has 0 radical (unpaired) electrons. The van der Waals surface area contributed by atoms with Crippen LogP contribution in [0.3, 0.4) is 0 Å². The van der Waals surface area contributed by atoms with Crippen molar-refractivity contribution in [2.45, 2.75) is 13.8 Å². The van der Waals surface area contributed by atoms with E-state index in [9.17, 15) is 9.18 Å². The SMILES string of the molecule is CN(CC(C)(C)CN)C(=O)c1cccc(F)c1. The third-order valence-electron chi connectivity index (χ3n) is 2.64. The summed E-state index contributed by atoms with van der Waals surface area (Å²) < 4.78 is 13.0. The minimum absolute atomic E-state index is 0.141. The molecule has 0 bridgehead atoms. The molecule has 0 fully saturated rings. The molecule has 3 nitrogen and oxygen atoms in total. The van der Waals surface area contributed by atoms with Crippen LogP contribution in [-0.4, -0.2) is 30.9 Å². The van der Waals surface area contributed by atoms with Crippen LogP contribution in [0.2, 0.25) is 0 Å². The van der Waals surface area contributed by atoms with E-state index in [1.54, 1.807) is 18.0 Å². The van der Waals surface area contributed by atoms with Crippen molar-refractivity contribution in [1.82, 2.24) is 4.90 Å². The van der Waals surface area contributed by atoms with Crippen LogP contribution < -0.4 is 5.73 Å². The van der Waals surface area contributed by atoms with Gasteiger partial charge in [-0.3, -0.25) is 4.79 Å². The molecule has 1 rings (SSSR count). The molecular formula is C13H19FN2O. The number of halogens is 1. The summed E-state index contributed by atoms with van der Waals surface area (Å²) in [6.45, 7) is 5.01. The fourth-order valence-corrected chi connectivity index (χ4v) is 1.62. The zero-order valence-corrected chi connectivity index (χ0v) is 10.5. The van der Waals surface area contributed by atoms with E-state index in [1.165, 1.54) is 18.2 Å². The van der Waals surface area contributed by atoms with Crippen LogP contribution >= 0.6 is 0 Å². The van der Waals surface area contributed by atoms with Crippen LogP contribution in [0.5, 0.6) is 0 Å². The maximum Gasteiger partial charge on any atom is 0.253 e. The normalized spacial score (nSPS) is 11.4. The van der Waals surface area contributed by atoms with E-state index in [2.05, 4.69) is 0 Å². The lowest BCUT2D eigenvalue weighted by Gasteiger charge is -2.29. The van der Waals surface area contributed by atoms with Crippen LogP contribution in [0, 0.1) is 11.2 Å². The lowest BCUT2D eigenvalue weighted by Crippen LogP contribution is -2.39. The third kappa shape index (κ3) is 3.82. The number of nitrogens with zero attached hydrogens (tertiary/aromatic N) is 1. The number of carbonyl (C=O) groups excluding carboxylic acids is 1. The molecule has 0 aliphatic rings. The van der Waals surface area contributed by atoms with Gasteiger partial charge in [-0.05, 0) is 30.2 Å². The molecule has 0 unspecified atom stereocenters. The molecular weight excluding hydrogens is 219 g/mol. The van der Waals surface area contributed by atoms with Gasteiger partial charge in [0.1, 0.15) is 5.82 Å². The highest BCUT2D eigenvalue weighted by atomic mass is 19.1. The fraction of sp³-hybridized carbons (Fsp3) is 0.462. The molecule has 0 aliphatic heterocycles. The van der Waals surface area contributed by atoms with Gasteiger partial charge in [0.25, 0.3) is 5.91 Å². The molecule has 1 aromatic rings. The Morgan fingerprint density at radius 3 is 2.65 bits per heavy atom. The quantitative estimate of drug-likeness (QED) is 0.870. The molecule has 1 aromatic carbocycles. The van der Waals surface area contributed by atoms with E-state index < -0.39 is 5.82 Å². The van der Waals surface area contributed by atoms with Crippen LogP contribution in [0.25, 0.3) is 0 Å². The Morgan fingerprint density at radius 1 is 1.47 bits per heavy atom. The minimum Gasteiger partial charge on any atom is -0.341 e. The number of hydrogen-bond acceptors (Lipinski definition) is 2. The van der Waals surface area contributed by atoms with Gasteiger partial charge in [0, 0.05) is 19.2 Å². The van der Waals surface area contributed by atoms with Gasteiger partial charge in [0.05, 0.1) is 0 Å². The highest BCUT2D eigenvalue weighted by Crippen LogP contribution is 2.16. The Morgan fingerprint density at radius 2 is 2.12 bits per heavy atom. The summed E-state index contributed by atoms with van der Waals surface area (Å²) in [4.78, 5) is 13.6. The third-order valence-corrected chi connectivity index (χ3v) is 2.64. The Kier molecular flexibility index (Phi) is 4.23. The van der Waals surface area contributed by atoms with E-state index in [4.69, 9.17) is 5.73 Å². The summed E-state index contributed by atoms with van der Waals surface area (Å²) in [7, 11) is 1.70. The highest BCUT2D eigenvalue weighted by Gasteiger charge is 2.21. The molecule has 1 amide bonds. The van der Waals surface area contributed by atoms with Gasteiger partial charge in [-0.2, -0.15) is 0 Å². The van der Waals surface area contributed by atoms with Crippen molar-refractivity contribution in [2.24, 2.45) is 11.1 Å². The van der Waals surface area contributed by atoms with Crippen molar-refractivity contribution in [3.05, 3.63) is 35.6 Å². The molecule has 0 aromatic heterocycles. The number of rotatable bonds is 4. The smallest absolute Gasteiger partial charge is 0.253 e. The van der Waals surface area contributed by atoms with E-state index in [-0.39, 0.29) is 11.3 Å². The van der Waals surface area contributed by atoms with Gasteiger partial charge in [-0.15, -0.1) is 0 Å². The molecule has 0 saturated carbocycles. The van der Waals surface area contributed by atoms with Crippen LogP contribution in [0.4, 0.5) is 4.39 Å². The summed E-state index contributed by atoms with van der Waals surface area (Å²) in [5.74, 6) is -0.589. The van der Waals surface area contributed by atoms with Gasteiger partial charge in [0.2, 0.25) is 0 Å². The summed E-state index contributed by atoms with van der Waals surface area (Å²) >= 11 is 0. The van der Waals surface area contributed by atoms with Gasteiger partial charge in [0.15, 0.2) is 0 Å². The summed E-state index contributed by atoms with van der Waals surface area (Å²) in [5.41, 5.74) is 5.84. The number of benzene rings is 1. The average Bonchev–Trinajstić information content (AvgIpc) is 2.27. The maximum absolute atomic E-state index is 13.0. The van der Waals surface area contributed by atoms with E-state index in [0.717, 1.165) is 0 Å². The first kappa shape index (κ1) is 13.6. The Labute approximate surface area is 101 Å². The molecule has 94 valence electrons. The Bertz CT molecular complexity index is 404. The predicted octanol–water partition coefficient (Wildman–Crippen LogP) is 1.88. The largest absolute Gasteiger partial charge is 0.341 e. The first-order valence-corrected chi connectivity index (χ1v) is 5.57. The minimum atomic E-state index is -0.401. The van der Waals surface area contributed by atoms with Crippen LogP contribution in [0.15, 0.2) is 24.3 Å². The number of nitrogens with two attached hydrogens (primary N) is 1. The second-order valence-corrected chi connectivity index (χ2v) is 5.04. The Balaban J connectivity index is 2.77. The van der Waals surface area contributed by atoms with Crippen LogP contribution in [0.1, 0.15) is 24.2 Å². The molecule has 0 atom stereocenters. The first-order chi connectivity index (χ1) is 7.85. The average molecular weight is 238 g/mol. The van der Waals surface area contributed by atoms with Crippen molar-refractivity contribution in [1.29, 1.82) is 0 Å². The zero-order chi connectivity index (χ0) is 13.1. The van der Waals surface area contributed by atoms with Gasteiger partial charge >= 0.3 is 0 Å². The lowest BCUT2D eigenvalue weighted by molar-refractivity contribution is 0.0740. The molecule has 4 heteroatoms.